The van der Waals surface area contributed by atoms with Gasteiger partial charge >= 0.3 is 0 Å². The molecule has 0 spiro atoms. The van der Waals surface area contributed by atoms with Gasteiger partial charge in [-0.2, -0.15) is 0 Å². The summed E-state index contributed by atoms with van der Waals surface area (Å²) >= 11 is 0. The van der Waals surface area contributed by atoms with Crippen molar-refractivity contribution in [2.75, 3.05) is 0 Å². The monoisotopic (exact) mass is 247 g/mol. The average Bonchev–Trinajstić information content (AvgIpc) is 2.40. The lowest BCUT2D eigenvalue weighted by Gasteiger charge is -2.31. The van der Waals surface area contributed by atoms with Gasteiger partial charge in [0, 0.05) is 12.1 Å². The third kappa shape index (κ3) is 4.11. The minimum atomic E-state index is -0.141. The first kappa shape index (κ1) is 13.6. The maximum atomic E-state index is 9.94. The van der Waals surface area contributed by atoms with E-state index in [0.29, 0.717) is 12.1 Å². The topological polar surface area (TPSA) is 32.3 Å². The number of benzene rings is 1. The van der Waals surface area contributed by atoms with E-state index in [4.69, 9.17) is 0 Å². The standard InChI is InChI=1S/C16H25NO/c1-13(11-12-14-7-3-2-4-8-14)17-15-9-5-6-10-16(15)18/h2-4,7-8,13,15-18H,5-6,9-12H2,1H3/t13?,15-,16-/m0/s1. The summed E-state index contributed by atoms with van der Waals surface area (Å²) in [6, 6.07) is 11.4. The summed E-state index contributed by atoms with van der Waals surface area (Å²) in [5.74, 6) is 0. The zero-order valence-electron chi connectivity index (χ0n) is 11.3. The van der Waals surface area contributed by atoms with Crippen LogP contribution < -0.4 is 5.32 Å². The fourth-order valence-corrected chi connectivity index (χ4v) is 2.78. The van der Waals surface area contributed by atoms with Crippen LogP contribution in [0.5, 0.6) is 0 Å². The first-order chi connectivity index (χ1) is 8.75. The van der Waals surface area contributed by atoms with Crippen LogP contribution in [0.15, 0.2) is 30.3 Å². The van der Waals surface area contributed by atoms with Crippen molar-refractivity contribution in [3.05, 3.63) is 35.9 Å². The van der Waals surface area contributed by atoms with E-state index in [2.05, 4.69) is 42.6 Å². The minimum Gasteiger partial charge on any atom is -0.392 e. The summed E-state index contributed by atoms with van der Waals surface area (Å²) in [7, 11) is 0. The Morgan fingerprint density at radius 2 is 1.94 bits per heavy atom. The van der Waals surface area contributed by atoms with E-state index in [0.717, 1.165) is 25.7 Å². The van der Waals surface area contributed by atoms with Crippen LogP contribution in [0, 0.1) is 0 Å². The second-order valence-corrected chi connectivity index (χ2v) is 5.55. The molecule has 1 saturated carbocycles. The van der Waals surface area contributed by atoms with Crippen molar-refractivity contribution in [1.29, 1.82) is 0 Å². The maximum Gasteiger partial charge on any atom is 0.0693 e. The molecule has 2 N–H and O–H groups in total. The molecule has 0 aromatic heterocycles. The van der Waals surface area contributed by atoms with Crippen molar-refractivity contribution >= 4 is 0 Å². The van der Waals surface area contributed by atoms with E-state index < -0.39 is 0 Å². The molecule has 18 heavy (non-hydrogen) atoms. The molecule has 0 amide bonds. The molecule has 0 heterocycles. The number of aliphatic hydroxyl groups is 1. The van der Waals surface area contributed by atoms with Gasteiger partial charge in [0.1, 0.15) is 0 Å². The molecular weight excluding hydrogens is 222 g/mol. The molecule has 1 aliphatic rings. The van der Waals surface area contributed by atoms with E-state index in [-0.39, 0.29) is 6.10 Å². The Morgan fingerprint density at radius 3 is 2.67 bits per heavy atom. The highest BCUT2D eigenvalue weighted by molar-refractivity contribution is 5.14. The first-order valence-corrected chi connectivity index (χ1v) is 7.24. The average molecular weight is 247 g/mol. The molecule has 1 unspecified atom stereocenters. The molecule has 0 bridgehead atoms. The van der Waals surface area contributed by atoms with E-state index in [9.17, 15) is 5.11 Å². The van der Waals surface area contributed by atoms with E-state index in [1.54, 1.807) is 0 Å². The lowest BCUT2D eigenvalue weighted by Crippen LogP contribution is -2.46. The Hall–Kier alpha value is -0.860. The minimum absolute atomic E-state index is 0.141. The second kappa shape index (κ2) is 6.91. The highest BCUT2D eigenvalue weighted by Gasteiger charge is 2.23. The van der Waals surface area contributed by atoms with Gasteiger partial charge < -0.3 is 10.4 Å². The summed E-state index contributed by atoms with van der Waals surface area (Å²) in [6.45, 7) is 2.23. The van der Waals surface area contributed by atoms with Crippen molar-refractivity contribution in [3.63, 3.8) is 0 Å². The van der Waals surface area contributed by atoms with Gasteiger partial charge in [0.25, 0.3) is 0 Å². The SMILES string of the molecule is CC(CCc1ccccc1)N[C@H]1CCCC[C@@H]1O. The summed E-state index contributed by atoms with van der Waals surface area (Å²) < 4.78 is 0. The molecule has 2 heteroatoms. The van der Waals surface area contributed by atoms with E-state index in [1.807, 2.05) is 0 Å². The summed E-state index contributed by atoms with van der Waals surface area (Å²) in [5.41, 5.74) is 1.40. The Balaban J connectivity index is 1.73. The summed E-state index contributed by atoms with van der Waals surface area (Å²) in [6.07, 6.45) is 6.61. The molecule has 1 aromatic carbocycles. The van der Waals surface area contributed by atoms with Crippen molar-refractivity contribution in [3.8, 4) is 0 Å². The summed E-state index contributed by atoms with van der Waals surface area (Å²) in [4.78, 5) is 0. The van der Waals surface area contributed by atoms with Gasteiger partial charge in [-0.1, -0.05) is 43.2 Å². The normalized spacial score (nSPS) is 25.9. The smallest absolute Gasteiger partial charge is 0.0693 e. The summed E-state index contributed by atoms with van der Waals surface area (Å²) in [5, 5.41) is 13.5. The third-order valence-corrected chi connectivity index (χ3v) is 3.94. The fourth-order valence-electron chi connectivity index (χ4n) is 2.78. The molecule has 2 nitrogen and oxygen atoms in total. The molecule has 1 aromatic rings. The van der Waals surface area contributed by atoms with Crippen molar-refractivity contribution in [2.45, 2.75) is 63.6 Å². The fraction of sp³-hybridized carbons (Fsp3) is 0.625. The zero-order valence-corrected chi connectivity index (χ0v) is 11.3. The van der Waals surface area contributed by atoms with E-state index in [1.165, 1.54) is 18.4 Å². The van der Waals surface area contributed by atoms with Crippen LogP contribution >= 0.6 is 0 Å². The van der Waals surface area contributed by atoms with Crippen LogP contribution in [-0.2, 0) is 6.42 Å². The van der Waals surface area contributed by atoms with Gasteiger partial charge in [0.2, 0.25) is 0 Å². The van der Waals surface area contributed by atoms with Crippen molar-refractivity contribution in [2.24, 2.45) is 0 Å². The maximum absolute atomic E-state index is 9.94. The Labute approximate surface area is 110 Å². The van der Waals surface area contributed by atoms with Gasteiger partial charge in [-0.15, -0.1) is 0 Å². The lowest BCUT2D eigenvalue weighted by atomic mass is 9.91. The molecule has 2 rings (SSSR count). The quantitative estimate of drug-likeness (QED) is 0.838. The van der Waals surface area contributed by atoms with Crippen LogP contribution in [-0.4, -0.2) is 23.3 Å². The first-order valence-electron chi connectivity index (χ1n) is 7.24. The van der Waals surface area contributed by atoms with E-state index >= 15 is 0 Å². The molecule has 1 fully saturated rings. The van der Waals surface area contributed by atoms with Crippen LogP contribution in [0.2, 0.25) is 0 Å². The largest absolute Gasteiger partial charge is 0.392 e. The molecule has 1 aliphatic carbocycles. The zero-order chi connectivity index (χ0) is 12.8. The van der Waals surface area contributed by atoms with Crippen molar-refractivity contribution < 1.29 is 5.11 Å². The van der Waals surface area contributed by atoms with Crippen LogP contribution in [0.25, 0.3) is 0 Å². The van der Waals surface area contributed by atoms with Gasteiger partial charge in [0.15, 0.2) is 0 Å². The molecule has 100 valence electrons. The molecule has 0 saturated heterocycles. The predicted molar refractivity (Wildman–Crippen MR) is 75.6 cm³/mol. The second-order valence-electron chi connectivity index (χ2n) is 5.55. The number of rotatable bonds is 5. The predicted octanol–water partition coefficient (Wildman–Crippen LogP) is 2.90. The number of aryl methyl sites for hydroxylation is 1. The van der Waals surface area contributed by atoms with Crippen LogP contribution in [0.3, 0.4) is 0 Å². The highest BCUT2D eigenvalue weighted by atomic mass is 16.3. The van der Waals surface area contributed by atoms with Gasteiger partial charge in [0.05, 0.1) is 6.10 Å². The molecule has 0 aliphatic heterocycles. The van der Waals surface area contributed by atoms with Gasteiger partial charge in [-0.3, -0.25) is 0 Å². The Morgan fingerprint density at radius 1 is 1.22 bits per heavy atom. The van der Waals surface area contributed by atoms with Crippen molar-refractivity contribution in [1.82, 2.24) is 5.32 Å². The molecule has 0 radical (unpaired) electrons. The number of aliphatic hydroxyl groups excluding tert-OH is 1. The van der Waals surface area contributed by atoms with Crippen LogP contribution in [0.4, 0.5) is 0 Å². The Bertz CT molecular complexity index is 338. The number of hydrogen-bond acceptors (Lipinski definition) is 2. The number of nitrogens with one attached hydrogen (secondary N) is 1. The van der Waals surface area contributed by atoms with Gasteiger partial charge in [-0.05, 0) is 38.2 Å². The number of hydrogen-bond donors (Lipinski definition) is 2. The van der Waals surface area contributed by atoms with Crippen LogP contribution in [0.1, 0.15) is 44.6 Å². The third-order valence-electron chi connectivity index (χ3n) is 3.94. The molecule has 3 atom stereocenters. The highest BCUT2D eigenvalue weighted by Crippen LogP contribution is 2.19. The Kier molecular flexibility index (Phi) is 5.21. The van der Waals surface area contributed by atoms with Gasteiger partial charge in [-0.25, -0.2) is 0 Å². The lowest BCUT2D eigenvalue weighted by molar-refractivity contribution is 0.0854. The molecular formula is C16H25NO.